The Hall–Kier alpha value is -0.410. The van der Waals surface area contributed by atoms with Crippen molar-refractivity contribution >= 4 is 11.3 Å². The first-order valence-electron chi connectivity index (χ1n) is 4.30. The lowest BCUT2D eigenvalue weighted by Gasteiger charge is -2.07. The smallest absolute Gasteiger partial charge is 0.0928 e. The molecular weight excluding hydrogens is 168 g/mol. The van der Waals surface area contributed by atoms with Crippen molar-refractivity contribution in [1.29, 1.82) is 0 Å². The Kier molecular flexibility index (Phi) is 3.69. The van der Waals surface area contributed by atoms with Crippen molar-refractivity contribution < 1.29 is 0 Å². The molecule has 0 bridgehead atoms. The largest absolute Gasteiger partial charge is 0.317 e. The van der Waals surface area contributed by atoms with Gasteiger partial charge in [-0.15, -0.1) is 11.3 Å². The van der Waals surface area contributed by atoms with Crippen LogP contribution in [0.15, 0.2) is 5.38 Å². The van der Waals surface area contributed by atoms with Gasteiger partial charge < -0.3 is 5.32 Å². The molecule has 0 fully saturated rings. The summed E-state index contributed by atoms with van der Waals surface area (Å²) in [6.07, 6.45) is 2.27. The first-order chi connectivity index (χ1) is 5.72. The van der Waals surface area contributed by atoms with Crippen molar-refractivity contribution in [1.82, 2.24) is 10.3 Å². The molecule has 0 radical (unpaired) electrons. The van der Waals surface area contributed by atoms with E-state index < -0.39 is 0 Å². The van der Waals surface area contributed by atoms with Crippen LogP contribution in [-0.4, -0.2) is 18.1 Å². The molecule has 1 atom stereocenters. The Morgan fingerprint density at radius 3 is 2.92 bits per heavy atom. The molecular formula is C9H16N2S. The van der Waals surface area contributed by atoms with Gasteiger partial charge in [-0.25, -0.2) is 4.98 Å². The molecule has 0 aliphatic rings. The van der Waals surface area contributed by atoms with E-state index in [2.05, 4.69) is 22.6 Å². The lowest BCUT2D eigenvalue weighted by Crippen LogP contribution is -2.21. The second kappa shape index (κ2) is 4.58. The molecule has 1 heterocycles. The van der Waals surface area contributed by atoms with Crippen molar-refractivity contribution in [3.63, 3.8) is 0 Å². The number of nitrogens with one attached hydrogen (secondary N) is 1. The first-order valence-corrected chi connectivity index (χ1v) is 5.18. The van der Waals surface area contributed by atoms with Gasteiger partial charge in [0.15, 0.2) is 0 Å². The predicted octanol–water partition coefficient (Wildman–Crippen LogP) is 1.99. The minimum absolute atomic E-state index is 0.592. The molecule has 0 aliphatic heterocycles. The van der Waals surface area contributed by atoms with Gasteiger partial charge in [-0.2, -0.15) is 0 Å². The summed E-state index contributed by atoms with van der Waals surface area (Å²) >= 11 is 1.76. The van der Waals surface area contributed by atoms with Gasteiger partial charge in [0, 0.05) is 23.5 Å². The molecule has 2 nitrogen and oxygen atoms in total. The normalized spacial score (nSPS) is 13.2. The number of aromatic nitrogens is 1. The van der Waals surface area contributed by atoms with Gasteiger partial charge in [0.1, 0.15) is 0 Å². The highest BCUT2D eigenvalue weighted by atomic mass is 32.1. The van der Waals surface area contributed by atoms with Crippen LogP contribution in [0.25, 0.3) is 0 Å². The van der Waals surface area contributed by atoms with Gasteiger partial charge in [-0.05, 0) is 27.3 Å². The molecule has 12 heavy (non-hydrogen) atoms. The molecule has 1 aromatic heterocycles. The first kappa shape index (κ1) is 9.68. The quantitative estimate of drug-likeness (QED) is 0.774. The average molecular weight is 184 g/mol. The molecule has 68 valence electrons. The van der Waals surface area contributed by atoms with E-state index in [1.807, 2.05) is 14.0 Å². The second-order valence-electron chi connectivity index (χ2n) is 3.11. The second-order valence-corrected chi connectivity index (χ2v) is 4.05. The van der Waals surface area contributed by atoms with Crippen LogP contribution in [0.4, 0.5) is 0 Å². The summed E-state index contributed by atoms with van der Waals surface area (Å²) in [6, 6.07) is 0.592. The summed E-state index contributed by atoms with van der Waals surface area (Å²) < 4.78 is 0. The summed E-state index contributed by atoms with van der Waals surface area (Å²) in [7, 11) is 2.00. The zero-order valence-corrected chi connectivity index (χ0v) is 8.74. The van der Waals surface area contributed by atoms with Crippen LogP contribution in [0.1, 0.15) is 24.0 Å². The van der Waals surface area contributed by atoms with E-state index in [-0.39, 0.29) is 0 Å². The number of aryl methyl sites for hydroxylation is 2. The molecule has 1 aromatic rings. The lowest BCUT2D eigenvalue weighted by atomic mass is 10.2. The summed E-state index contributed by atoms with van der Waals surface area (Å²) in [5, 5.41) is 6.59. The van der Waals surface area contributed by atoms with Gasteiger partial charge in [-0.3, -0.25) is 0 Å². The minimum atomic E-state index is 0.592. The van der Waals surface area contributed by atoms with Crippen molar-refractivity contribution in [2.75, 3.05) is 7.05 Å². The fraction of sp³-hybridized carbons (Fsp3) is 0.667. The van der Waals surface area contributed by atoms with Gasteiger partial charge in [-0.1, -0.05) is 0 Å². The van der Waals surface area contributed by atoms with E-state index in [1.165, 1.54) is 11.4 Å². The van der Waals surface area contributed by atoms with Gasteiger partial charge >= 0.3 is 0 Å². The molecule has 0 aromatic carbocycles. The van der Waals surface area contributed by atoms with E-state index >= 15 is 0 Å². The standard InChI is InChI=1S/C9H16N2S/c1-7(10-3)4-5-9-11-8(2)6-12-9/h6-7,10H,4-5H2,1-3H3. The molecule has 0 saturated heterocycles. The minimum Gasteiger partial charge on any atom is -0.317 e. The van der Waals surface area contributed by atoms with Crippen LogP contribution in [-0.2, 0) is 6.42 Å². The molecule has 1 unspecified atom stereocenters. The van der Waals surface area contributed by atoms with Crippen molar-refractivity contribution in [2.45, 2.75) is 32.7 Å². The van der Waals surface area contributed by atoms with Crippen molar-refractivity contribution in [3.05, 3.63) is 16.1 Å². The Balaban J connectivity index is 2.33. The molecule has 0 saturated carbocycles. The lowest BCUT2D eigenvalue weighted by molar-refractivity contribution is 0.564. The Morgan fingerprint density at radius 1 is 1.67 bits per heavy atom. The molecule has 0 aliphatic carbocycles. The summed E-state index contributed by atoms with van der Waals surface area (Å²) in [6.45, 7) is 4.24. The zero-order valence-electron chi connectivity index (χ0n) is 7.92. The van der Waals surface area contributed by atoms with Crippen LogP contribution < -0.4 is 5.32 Å². The Labute approximate surface area is 78.0 Å². The van der Waals surface area contributed by atoms with Crippen molar-refractivity contribution in [3.8, 4) is 0 Å². The summed E-state index contributed by atoms with van der Waals surface area (Å²) in [5.41, 5.74) is 1.15. The summed E-state index contributed by atoms with van der Waals surface area (Å²) in [5.74, 6) is 0. The van der Waals surface area contributed by atoms with Crippen LogP contribution >= 0.6 is 11.3 Å². The third-order valence-corrected chi connectivity index (χ3v) is 2.98. The van der Waals surface area contributed by atoms with Crippen LogP contribution in [0.2, 0.25) is 0 Å². The monoisotopic (exact) mass is 184 g/mol. The molecule has 1 rings (SSSR count). The van der Waals surface area contributed by atoms with Crippen LogP contribution in [0.5, 0.6) is 0 Å². The summed E-state index contributed by atoms with van der Waals surface area (Å²) in [4.78, 5) is 4.41. The number of thiazole rings is 1. The van der Waals surface area contributed by atoms with E-state index in [1.54, 1.807) is 11.3 Å². The van der Waals surface area contributed by atoms with E-state index in [9.17, 15) is 0 Å². The maximum Gasteiger partial charge on any atom is 0.0928 e. The zero-order chi connectivity index (χ0) is 8.97. The highest BCUT2D eigenvalue weighted by molar-refractivity contribution is 7.09. The maximum absolute atomic E-state index is 4.41. The Bertz CT molecular complexity index is 232. The van der Waals surface area contributed by atoms with Gasteiger partial charge in [0.2, 0.25) is 0 Å². The third-order valence-electron chi connectivity index (χ3n) is 1.95. The van der Waals surface area contributed by atoms with Gasteiger partial charge in [0.25, 0.3) is 0 Å². The Morgan fingerprint density at radius 2 is 2.42 bits per heavy atom. The number of nitrogens with zero attached hydrogens (tertiary/aromatic N) is 1. The fourth-order valence-corrected chi connectivity index (χ4v) is 1.79. The predicted molar refractivity (Wildman–Crippen MR) is 53.7 cm³/mol. The van der Waals surface area contributed by atoms with E-state index in [0.717, 1.165) is 12.1 Å². The third kappa shape index (κ3) is 2.91. The molecule has 1 N–H and O–H groups in total. The van der Waals surface area contributed by atoms with Crippen LogP contribution in [0, 0.1) is 6.92 Å². The number of rotatable bonds is 4. The van der Waals surface area contributed by atoms with Crippen LogP contribution in [0.3, 0.4) is 0 Å². The van der Waals surface area contributed by atoms with Gasteiger partial charge in [0.05, 0.1) is 5.01 Å². The topological polar surface area (TPSA) is 24.9 Å². The SMILES string of the molecule is CNC(C)CCc1nc(C)cs1. The highest BCUT2D eigenvalue weighted by Gasteiger charge is 2.01. The van der Waals surface area contributed by atoms with Crippen molar-refractivity contribution in [2.24, 2.45) is 0 Å². The molecule has 0 amide bonds. The average Bonchev–Trinajstić information content (AvgIpc) is 2.47. The van der Waals surface area contributed by atoms with E-state index in [0.29, 0.717) is 6.04 Å². The molecule has 3 heteroatoms. The maximum atomic E-state index is 4.41. The number of hydrogen-bond acceptors (Lipinski definition) is 3. The molecule has 0 spiro atoms. The number of hydrogen-bond donors (Lipinski definition) is 1. The van der Waals surface area contributed by atoms with E-state index in [4.69, 9.17) is 0 Å². The highest BCUT2D eigenvalue weighted by Crippen LogP contribution is 2.11. The fourth-order valence-electron chi connectivity index (χ4n) is 1.00.